The quantitative estimate of drug-likeness (QED) is 0.850. The lowest BCUT2D eigenvalue weighted by molar-refractivity contribution is -0.140. The molecule has 1 heterocycles. The van der Waals surface area contributed by atoms with E-state index in [-0.39, 0.29) is 18.3 Å². The Hall–Kier alpha value is -2.30. The van der Waals surface area contributed by atoms with E-state index < -0.39 is 0 Å². The van der Waals surface area contributed by atoms with Crippen LogP contribution in [0.2, 0.25) is 0 Å². The number of amides is 1. The molecule has 0 fully saturated rings. The Bertz CT molecular complexity index is 618. The highest BCUT2D eigenvalue weighted by Gasteiger charge is 2.16. The molecule has 0 aliphatic heterocycles. The second-order valence-corrected chi connectivity index (χ2v) is 4.49. The van der Waals surface area contributed by atoms with Crippen molar-refractivity contribution in [2.75, 3.05) is 20.2 Å². The number of nitrogens with one attached hydrogen (secondary N) is 1. The molecule has 0 bridgehead atoms. The molecule has 2 aromatic rings. The predicted molar refractivity (Wildman–Crippen MR) is 76.5 cm³/mol. The van der Waals surface area contributed by atoms with Crippen LogP contribution in [-0.2, 0) is 9.53 Å². The second-order valence-electron chi connectivity index (χ2n) is 4.49. The normalized spacial score (nSPS) is 10.5. The van der Waals surface area contributed by atoms with E-state index in [1.165, 1.54) is 7.11 Å². The smallest absolute Gasteiger partial charge is 0.307 e. The lowest BCUT2D eigenvalue weighted by Crippen LogP contribution is -2.33. The van der Waals surface area contributed by atoms with E-state index in [1.807, 2.05) is 31.3 Å². The number of benzene rings is 1. The molecule has 1 amide bonds. The maximum atomic E-state index is 12.4. The van der Waals surface area contributed by atoms with Gasteiger partial charge in [-0.2, -0.15) is 0 Å². The summed E-state index contributed by atoms with van der Waals surface area (Å²) in [6.45, 7) is 2.81. The Kier molecular flexibility index (Phi) is 4.40. The van der Waals surface area contributed by atoms with E-state index in [9.17, 15) is 9.59 Å². The van der Waals surface area contributed by atoms with Gasteiger partial charge < -0.3 is 14.6 Å². The van der Waals surface area contributed by atoms with Gasteiger partial charge in [0, 0.05) is 30.4 Å². The number of hydrogen-bond donors (Lipinski definition) is 1. The summed E-state index contributed by atoms with van der Waals surface area (Å²) in [5, 5.41) is 1.07. The third kappa shape index (κ3) is 2.99. The minimum absolute atomic E-state index is 0.0760. The van der Waals surface area contributed by atoms with Crippen molar-refractivity contribution in [3.63, 3.8) is 0 Å². The minimum atomic E-state index is -0.309. The van der Waals surface area contributed by atoms with Gasteiger partial charge in [0.05, 0.1) is 13.5 Å². The number of hydrogen-bond acceptors (Lipinski definition) is 3. The van der Waals surface area contributed by atoms with Gasteiger partial charge in [0.15, 0.2) is 0 Å². The van der Waals surface area contributed by atoms with Gasteiger partial charge in [-0.05, 0) is 30.5 Å². The molecule has 1 N–H and O–H groups in total. The highest BCUT2D eigenvalue weighted by molar-refractivity contribution is 5.98. The summed E-state index contributed by atoms with van der Waals surface area (Å²) in [4.78, 5) is 28.3. The number of fused-ring (bicyclic) bond motifs is 1. The number of aromatic nitrogens is 1. The first kappa shape index (κ1) is 14.1. The SMILES string of the molecule is CCN(CCC(=O)OC)C(=O)c1ccc2cc[nH]c2c1. The summed E-state index contributed by atoms with van der Waals surface area (Å²) in [7, 11) is 1.35. The van der Waals surface area contributed by atoms with Crippen molar-refractivity contribution in [3.8, 4) is 0 Å². The van der Waals surface area contributed by atoms with Crippen LogP contribution in [0.15, 0.2) is 30.5 Å². The van der Waals surface area contributed by atoms with Crippen molar-refractivity contribution < 1.29 is 14.3 Å². The molecule has 5 nitrogen and oxygen atoms in total. The van der Waals surface area contributed by atoms with Gasteiger partial charge in [0.1, 0.15) is 0 Å². The number of carbonyl (C=O) groups is 2. The summed E-state index contributed by atoms with van der Waals surface area (Å²) in [5.41, 5.74) is 1.55. The average molecular weight is 274 g/mol. The molecule has 0 spiro atoms. The fraction of sp³-hybridized carbons (Fsp3) is 0.333. The molecule has 2 rings (SSSR count). The zero-order valence-electron chi connectivity index (χ0n) is 11.7. The van der Waals surface area contributed by atoms with E-state index in [4.69, 9.17) is 0 Å². The average Bonchev–Trinajstić information content (AvgIpc) is 2.94. The molecule has 5 heteroatoms. The number of aromatic amines is 1. The van der Waals surface area contributed by atoms with Crippen molar-refractivity contribution >= 4 is 22.8 Å². The largest absolute Gasteiger partial charge is 0.469 e. The van der Waals surface area contributed by atoms with Crippen LogP contribution in [0.4, 0.5) is 0 Å². The first-order valence-electron chi connectivity index (χ1n) is 6.59. The predicted octanol–water partition coefficient (Wildman–Crippen LogP) is 2.19. The monoisotopic (exact) mass is 274 g/mol. The van der Waals surface area contributed by atoms with Gasteiger partial charge in [-0.25, -0.2) is 0 Å². The highest BCUT2D eigenvalue weighted by Crippen LogP contribution is 2.15. The molecular formula is C15H18N2O3. The van der Waals surface area contributed by atoms with Gasteiger partial charge in [-0.3, -0.25) is 9.59 Å². The third-order valence-electron chi connectivity index (χ3n) is 3.28. The van der Waals surface area contributed by atoms with E-state index in [0.717, 1.165) is 10.9 Å². The number of carbonyl (C=O) groups excluding carboxylic acids is 2. The van der Waals surface area contributed by atoms with E-state index >= 15 is 0 Å². The molecule has 0 aliphatic carbocycles. The molecule has 0 saturated heterocycles. The van der Waals surface area contributed by atoms with Gasteiger partial charge >= 0.3 is 5.97 Å². The number of nitrogens with zero attached hydrogens (tertiary/aromatic N) is 1. The van der Waals surface area contributed by atoms with Crippen LogP contribution >= 0.6 is 0 Å². The lowest BCUT2D eigenvalue weighted by atomic mass is 10.1. The Morgan fingerprint density at radius 2 is 2.10 bits per heavy atom. The first-order chi connectivity index (χ1) is 9.65. The fourth-order valence-corrected chi connectivity index (χ4v) is 2.10. The van der Waals surface area contributed by atoms with Crippen molar-refractivity contribution in [1.29, 1.82) is 0 Å². The van der Waals surface area contributed by atoms with E-state index in [0.29, 0.717) is 18.7 Å². The molecule has 0 radical (unpaired) electrons. The molecular weight excluding hydrogens is 256 g/mol. The molecule has 106 valence electrons. The molecule has 1 aromatic carbocycles. The summed E-state index contributed by atoms with van der Waals surface area (Å²) >= 11 is 0. The van der Waals surface area contributed by atoms with Gasteiger partial charge in [0.25, 0.3) is 5.91 Å². The van der Waals surface area contributed by atoms with Crippen LogP contribution in [0.25, 0.3) is 10.9 Å². The van der Waals surface area contributed by atoms with Crippen molar-refractivity contribution in [2.45, 2.75) is 13.3 Å². The maximum absolute atomic E-state index is 12.4. The number of ether oxygens (including phenoxy) is 1. The summed E-state index contributed by atoms with van der Waals surface area (Å²) in [5.74, 6) is -0.385. The van der Waals surface area contributed by atoms with Gasteiger partial charge in [-0.1, -0.05) is 6.07 Å². The van der Waals surface area contributed by atoms with Crippen LogP contribution in [-0.4, -0.2) is 42.0 Å². The Morgan fingerprint density at radius 3 is 2.80 bits per heavy atom. The third-order valence-corrected chi connectivity index (χ3v) is 3.28. The van der Waals surface area contributed by atoms with Crippen LogP contribution in [0.5, 0.6) is 0 Å². The van der Waals surface area contributed by atoms with Gasteiger partial charge in [0.2, 0.25) is 0 Å². The fourth-order valence-electron chi connectivity index (χ4n) is 2.10. The van der Waals surface area contributed by atoms with Gasteiger partial charge in [-0.15, -0.1) is 0 Å². The maximum Gasteiger partial charge on any atom is 0.307 e. The topological polar surface area (TPSA) is 62.4 Å². The van der Waals surface area contributed by atoms with Crippen LogP contribution in [0.3, 0.4) is 0 Å². The van der Waals surface area contributed by atoms with E-state index in [1.54, 1.807) is 11.0 Å². The Balaban J connectivity index is 2.12. The number of methoxy groups -OCH3 is 1. The zero-order valence-corrected chi connectivity index (χ0v) is 11.7. The first-order valence-corrected chi connectivity index (χ1v) is 6.59. The van der Waals surface area contributed by atoms with Crippen molar-refractivity contribution in [3.05, 3.63) is 36.0 Å². The number of esters is 1. The number of rotatable bonds is 5. The highest BCUT2D eigenvalue weighted by atomic mass is 16.5. The molecule has 0 saturated carbocycles. The van der Waals surface area contributed by atoms with Crippen LogP contribution < -0.4 is 0 Å². The molecule has 0 atom stereocenters. The van der Waals surface area contributed by atoms with Crippen molar-refractivity contribution in [1.82, 2.24) is 9.88 Å². The standard InChI is InChI=1S/C15H18N2O3/c1-3-17(9-7-14(18)20-2)15(19)12-5-4-11-6-8-16-13(11)10-12/h4-6,8,10,16H,3,7,9H2,1-2H3. The molecule has 0 aliphatic rings. The van der Waals surface area contributed by atoms with Crippen LogP contribution in [0, 0.1) is 0 Å². The zero-order chi connectivity index (χ0) is 14.5. The summed E-state index contributed by atoms with van der Waals surface area (Å²) in [6.07, 6.45) is 2.05. The van der Waals surface area contributed by atoms with Crippen LogP contribution in [0.1, 0.15) is 23.7 Å². The lowest BCUT2D eigenvalue weighted by Gasteiger charge is -2.20. The summed E-state index contributed by atoms with van der Waals surface area (Å²) in [6, 6.07) is 7.50. The molecule has 20 heavy (non-hydrogen) atoms. The summed E-state index contributed by atoms with van der Waals surface area (Å²) < 4.78 is 4.60. The van der Waals surface area contributed by atoms with Crippen molar-refractivity contribution in [2.24, 2.45) is 0 Å². The second kappa shape index (κ2) is 6.23. The minimum Gasteiger partial charge on any atom is -0.469 e. The Morgan fingerprint density at radius 1 is 1.30 bits per heavy atom. The molecule has 0 unspecified atom stereocenters. The Labute approximate surface area is 117 Å². The number of H-pyrrole nitrogens is 1. The molecule has 1 aromatic heterocycles. The van der Waals surface area contributed by atoms with E-state index in [2.05, 4.69) is 9.72 Å².